The second-order valence-electron chi connectivity index (χ2n) is 7.70. The van der Waals surface area contributed by atoms with Crippen molar-refractivity contribution in [3.63, 3.8) is 0 Å². The maximum Gasteiger partial charge on any atom is 0.270 e. The van der Waals surface area contributed by atoms with Crippen molar-refractivity contribution in [2.24, 2.45) is 5.92 Å². The first kappa shape index (κ1) is 15.2. The van der Waals surface area contributed by atoms with Gasteiger partial charge in [0.05, 0.1) is 11.9 Å². The second-order valence-corrected chi connectivity index (χ2v) is 7.70. The summed E-state index contributed by atoms with van der Waals surface area (Å²) in [5.41, 5.74) is 2.33. The van der Waals surface area contributed by atoms with Gasteiger partial charge in [-0.05, 0) is 44.2 Å². The lowest BCUT2D eigenvalue weighted by Crippen LogP contribution is -2.47. The van der Waals surface area contributed by atoms with Gasteiger partial charge in [-0.2, -0.15) is 0 Å². The van der Waals surface area contributed by atoms with Crippen molar-refractivity contribution in [2.45, 2.75) is 31.7 Å². The Morgan fingerprint density at radius 1 is 1.24 bits per heavy atom. The van der Waals surface area contributed by atoms with Crippen LogP contribution in [0, 0.1) is 5.92 Å². The van der Waals surface area contributed by atoms with Gasteiger partial charge in [0.2, 0.25) is 0 Å². The average Bonchev–Trinajstić information content (AvgIpc) is 3.34. The third-order valence-electron chi connectivity index (χ3n) is 5.92. The molecule has 0 saturated carbocycles. The number of amides is 1. The highest BCUT2D eigenvalue weighted by Gasteiger charge is 2.33. The Balaban J connectivity index is 1.36. The predicted molar refractivity (Wildman–Crippen MR) is 95.9 cm³/mol. The molecule has 1 amide bonds. The zero-order valence-electron chi connectivity index (χ0n) is 14.4. The van der Waals surface area contributed by atoms with E-state index in [2.05, 4.69) is 20.1 Å². The van der Waals surface area contributed by atoms with Gasteiger partial charge in [0.1, 0.15) is 12.0 Å². The molecular weight excluding hydrogens is 316 g/mol. The topological polar surface area (TPSA) is 61.6 Å². The number of nitrogens with zero attached hydrogens (tertiary/aromatic N) is 3. The molecule has 5 heterocycles. The molecular formula is C19H24N4O2. The largest absolute Gasteiger partial charge is 0.460 e. The van der Waals surface area contributed by atoms with Gasteiger partial charge in [0, 0.05) is 37.6 Å². The van der Waals surface area contributed by atoms with Crippen molar-refractivity contribution in [3.8, 4) is 0 Å². The molecule has 3 atom stereocenters. The maximum absolute atomic E-state index is 12.7. The van der Waals surface area contributed by atoms with E-state index in [0.717, 1.165) is 48.6 Å². The molecule has 3 aliphatic heterocycles. The number of piperidine rings is 1. The number of furan rings is 1. The normalized spacial score (nSPS) is 28.6. The van der Waals surface area contributed by atoms with Crippen LogP contribution in [-0.4, -0.2) is 54.6 Å². The SMILES string of the molecule is O=C(N[C@@H]1C[C@H]2CCN(C2)C1)c1cc2c(N3CCCC3)coc2cn1. The summed E-state index contributed by atoms with van der Waals surface area (Å²) in [5.74, 6) is 0.674. The van der Waals surface area contributed by atoms with E-state index in [0.29, 0.717) is 5.69 Å². The summed E-state index contributed by atoms with van der Waals surface area (Å²) >= 11 is 0. The summed E-state index contributed by atoms with van der Waals surface area (Å²) in [6.07, 6.45) is 8.26. The third kappa shape index (κ3) is 2.78. The van der Waals surface area contributed by atoms with Gasteiger partial charge >= 0.3 is 0 Å². The Kier molecular flexibility index (Phi) is 3.66. The number of carbonyl (C=O) groups excluding carboxylic acids is 1. The first-order valence-electron chi connectivity index (χ1n) is 9.42. The quantitative estimate of drug-likeness (QED) is 0.929. The molecule has 2 aromatic rings. The van der Waals surface area contributed by atoms with E-state index in [-0.39, 0.29) is 11.9 Å². The summed E-state index contributed by atoms with van der Waals surface area (Å²) < 4.78 is 5.64. The second kappa shape index (κ2) is 6.02. The number of carbonyl (C=O) groups is 1. The predicted octanol–water partition coefficient (Wildman–Crippen LogP) is 2.25. The Hall–Kier alpha value is -2.08. The molecule has 25 heavy (non-hydrogen) atoms. The number of nitrogens with one attached hydrogen (secondary N) is 1. The minimum absolute atomic E-state index is 0.0667. The maximum atomic E-state index is 12.7. The van der Waals surface area contributed by atoms with Crippen LogP contribution in [0.1, 0.15) is 36.2 Å². The number of fused-ring (bicyclic) bond motifs is 3. The van der Waals surface area contributed by atoms with Crippen molar-refractivity contribution < 1.29 is 9.21 Å². The van der Waals surface area contributed by atoms with Crippen molar-refractivity contribution >= 4 is 22.6 Å². The van der Waals surface area contributed by atoms with E-state index in [9.17, 15) is 4.79 Å². The number of anilines is 1. The highest BCUT2D eigenvalue weighted by molar-refractivity contribution is 5.99. The van der Waals surface area contributed by atoms with Crippen LogP contribution in [0.2, 0.25) is 0 Å². The van der Waals surface area contributed by atoms with E-state index >= 15 is 0 Å². The van der Waals surface area contributed by atoms with Gasteiger partial charge in [-0.1, -0.05) is 0 Å². The molecule has 0 radical (unpaired) electrons. The minimum atomic E-state index is -0.0667. The highest BCUT2D eigenvalue weighted by atomic mass is 16.3. The zero-order valence-corrected chi connectivity index (χ0v) is 14.4. The van der Waals surface area contributed by atoms with Gasteiger partial charge in [-0.3, -0.25) is 4.79 Å². The lowest BCUT2D eigenvalue weighted by atomic mass is 9.97. The first-order valence-corrected chi connectivity index (χ1v) is 9.42. The fourth-order valence-electron chi connectivity index (χ4n) is 4.67. The molecule has 6 heteroatoms. The molecule has 6 nitrogen and oxygen atoms in total. The number of hydrogen-bond donors (Lipinski definition) is 1. The summed E-state index contributed by atoms with van der Waals surface area (Å²) in [7, 11) is 0. The van der Waals surface area contributed by atoms with E-state index in [4.69, 9.17) is 4.42 Å². The number of pyridine rings is 1. The van der Waals surface area contributed by atoms with Crippen LogP contribution in [0.4, 0.5) is 5.69 Å². The Bertz CT molecular complexity index is 784. The van der Waals surface area contributed by atoms with Gasteiger partial charge in [-0.15, -0.1) is 0 Å². The molecule has 0 aromatic carbocycles. The monoisotopic (exact) mass is 340 g/mol. The van der Waals surface area contributed by atoms with Crippen LogP contribution in [-0.2, 0) is 0 Å². The molecule has 3 fully saturated rings. The minimum Gasteiger partial charge on any atom is -0.460 e. The Labute approximate surface area is 147 Å². The van der Waals surface area contributed by atoms with Crippen LogP contribution in [0.5, 0.6) is 0 Å². The summed E-state index contributed by atoms with van der Waals surface area (Å²) in [6, 6.07) is 2.13. The first-order chi connectivity index (χ1) is 12.3. The van der Waals surface area contributed by atoms with Crippen LogP contribution in [0.15, 0.2) is 22.9 Å². The fourth-order valence-corrected chi connectivity index (χ4v) is 4.67. The number of rotatable bonds is 3. The summed E-state index contributed by atoms with van der Waals surface area (Å²) in [4.78, 5) is 21.8. The van der Waals surface area contributed by atoms with Crippen LogP contribution in [0.25, 0.3) is 11.0 Å². The van der Waals surface area contributed by atoms with Gasteiger partial charge < -0.3 is 19.5 Å². The molecule has 0 spiro atoms. The van der Waals surface area contributed by atoms with Gasteiger partial charge in [0.15, 0.2) is 5.58 Å². The Morgan fingerprint density at radius 3 is 2.96 bits per heavy atom. The van der Waals surface area contributed by atoms with Crippen LogP contribution < -0.4 is 10.2 Å². The van der Waals surface area contributed by atoms with E-state index in [1.54, 1.807) is 12.5 Å². The van der Waals surface area contributed by atoms with Crippen molar-refractivity contribution in [1.82, 2.24) is 15.2 Å². The molecule has 2 bridgehead atoms. The molecule has 1 N–H and O–H groups in total. The molecule has 1 unspecified atom stereocenters. The van der Waals surface area contributed by atoms with Crippen molar-refractivity contribution in [2.75, 3.05) is 37.6 Å². The van der Waals surface area contributed by atoms with Crippen LogP contribution >= 0.6 is 0 Å². The van der Waals surface area contributed by atoms with E-state index in [1.807, 2.05) is 6.07 Å². The van der Waals surface area contributed by atoms with E-state index in [1.165, 1.54) is 32.4 Å². The molecule has 0 aliphatic carbocycles. The van der Waals surface area contributed by atoms with Gasteiger partial charge in [0.25, 0.3) is 5.91 Å². The number of hydrogen-bond acceptors (Lipinski definition) is 5. The standard InChI is InChI=1S/C19H24N4O2/c24-19(21-14-7-13-3-6-22(10-13)11-14)16-8-15-17(23-4-1-2-5-23)12-25-18(15)9-20-16/h8-9,12-14H,1-7,10-11H2,(H,21,24)/t13-,14-/m1/s1. The lowest BCUT2D eigenvalue weighted by molar-refractivity contribution is 0.0904. The summed E-state index contributed by atoms with van der Waals surface area (Å²) in [5, 5.41) is 4.19. The smallest absolute Gasteiger partial charge is 0.270 e. The molecule has 3 aliphatic rings. The lowest BCUT2D eigenvalue weighted by Gasteiger charge is -2.30. The summed E-state index contributed by atoms with van der Waals surface area (Å²) in [6.45, 7) is 5.45. The molecule has 3 saturated heterocycles. The van der Waals surface area contributed by atoms with E-state index < -0.39 is 0 Å². The van der Waals surface area contributed by atoms with Gasteiger partial charge in [-0.25, -0.2) is 4.98 Å². The highest BCUT2D eigenvalue weighted by Crippen LogP contribution is 2.31. The Morgan fingerprint density at radius 2 is 2.12 bits per heavy atom. The molecule has 132 valence electrons. The average molecular weight is 340 g/mol. The fraction of sp³-hybridized carbons (Fsp3) is 0.579. The zero-order chi connectivity index (χ0) is 16.8. The number of aromatic nitrogens is 1. The van der Waals surface area contributed by atoms with Crippen molar-refractivity contribution in [3.05, 3.63) is 24.2 Å². The van der Waals surface area contributed by atoms with Crippen LogP contribution in [0.3, 0.4) is 0 Å². The molecule has 5 rings (SSSR count). The van der Waals surface area contributed by atoms with Crippen molar-refractivity contribution in [1.29, 1.82) is 0 Å². The molecule has 2 aromatic heterocycles. The third-order valence-corrected chi connectivity index (χ3v) is 5.92.